The lowest BCUT2D eigenvalue weighted by molar-refractivity contribution is 0.0941. The third-order valence-electron chi connectivity index (χ3n) is 3.28. The van der Waals surface area contributed by atoms with E-state index in [1.54, 1.807) is 0 Å². The minimum absolute atomic E-state index is 0.138. The molecule has 1 rings (SSSR count). The fraction of sp³-hybridized carbons (Fsp3) is 0.750. The van der Waals surface area contributed by atoms with Crippen LogP contribution >= 0.6 is 0 Å². The van der Waals surface area contributed by atoms with Crippen molar-refractivity contribution < 1.29 is 0 Å². The van der Waals surface area contributed by atoms with Crippen LogP contribution in [0.1, 0.15) is 33.6 Å². The first kappa shape index (κ1) is 11.1. The van der Waals surface area contributed by atoms with Crippen LogP contribution in [0.15, 0.2) is 0 Å². The summed E-state index contributed by atoms with van der Waals surface area (Å²) < 4.78 is 0. The number of rotatable bonds is 1. The Labute approximate surface area is 86.9 Å². The van der Waals surface area contributed by atoms with Crippen LogP contribution in [0.3, 0.4) is 0 Å². The van der Waals surface area contributed by atoms with Gasteiger partial charge in [-0.1, -0.05) is 5.92 Å². The fourth-order valence-electron chi connectivity index (χ4n) is 1.76. The van der Waals surface area contributed by atoms with Crippen molar-refractivity contribution in [2.45, 2.75) is 39.2 Å². The monoisotopic (exact) mass is 190 g/mol. The molecule has 0 bridgehead atoms. The summed E-state index contributed by atoms with van der Waals surface area (Å²) in [6.45, 7) is 8.01. The molecule has 0 spiro atoms. The first-order valence-corrected chi connectivity index (χ1v) is 5.08. The van der Waals surface area contributed by atoms with E-state index in [1.165, 1.54) is 0 Å². The van der Waals surface area contributed by atoms with E-state index in [-0.39, 0.29) is 11.0 Å². The number of nitrogens with zero attached hydrogens (tertiary/aromatic N) is 2. The first-order chi connectivity index (χ1) is 6.43. The maximum atomic E-state index is 8.99. The smallest absolute Gasteiger partial charge is 0.0766 e. The molecule has 0 N–H and O–H groups in total. The van der Waals surface area contributed by atoms with Gasteiger partial charge in [-0.15, -0.1) is 6.42 Å². The van der Waals surface area contributed by atoms with E-state index in [0.29, 0.717) is 0 Å². The minimum Gasteiger partial charge on any atom is -0.288 e. The quantitative estimate of drug-likeness (QED) is 0.591. The highest BCUT2D eigenvalue weighted by Gasteiger charge is 2.34. The van der Waals surface area contributed by atoms with Crippen molar-refractivity contribution in [1.82, 2.24) is 4.90 Å². The average molecular weight is 190 g/mol. The van der Waals surface area contributed by atoms with Crippen molar-refractivity contribution >= 4 is 0 Å². The number of terminal acetylenes is 1. The molecule has 76 valence electrons. The van der Waals surface area contributed by atoms with E-state index < -0.39 is 0 Å². The second-order valence-electron chi connectivity index (χ2n) is 4.86. The summed E-state index contributed by atoms with van der Waals surface area (Å²) in [5, 5.41) is 8.99. The van der Waals surface area contributed by atoms with Gasteiger partial charge in [0.15, 0.2) is 0 Å². The molecule has 0 unspecified atom stereocenters. The van der Waals surface area contributed by atoms with Crippen LogP contribution in [-0.4, -0.2) is 23.5 Å². The summed E-state index contributed by atoms with van der Waals surface area (Å²) in [5.74, 6) is 2.80. The minimum atomic E-state index is -0.170. The predicted molar refractivity (Wildman–Crippen MR) is 57.4 cm³/mol. The van der Waals surface area contributed by atoms with Crippen LogP contribution < -0.4 is 0 Å². The van der Waals surface area contributed by atoms with Crippen LogP contribution in [0.4, 0.5) is 0 Å². The highest BCUT2D eigenvalue weighted by Crippen LogP contribution is 2.32. The lowest BCUT2D eigenvalue weighted by atomic mass is 9.80. The normalized spacial score (nSPS) is 22.4. The molecule has 2 nitrogen and oxygen atoms in total. The molecule has 1 heterocycles. The fourth-order valence-corrected chi connectivity index (χ4v) is 1.76. The molecular weight excluding hydrogens is 172 g/mol. The first-order valence-electron chi connectivity index (χ1n) is 5.08. The average Bonchev–Trinajstić information content (AvgIpc) is 2.19. The van der Waals surface area contributed by atoms with E-state index in [2.05, 4.69) is 30.7 Å². The van der Waals surface area contributed by atoms with E-state index in [4.69, 9.17) is 11.7 Å². The van der Waals surface area contributed by atoms with E-state index in [0.717, 1.165) is 25.9 Å². The predicted octanol–water partition coefficient (Wildman–Crippen LogP) is 2.02. The van der Waals surface area contributed by atoms with Gasteiger partial charge in [-0.05, 0) is 33.6 Å². The Morgan fingerprint density at radius 2 is 1.86 bits per heavy atom. The standard InChI is InChI=1S/C12H18N2/c1-5-11(2,3)14-8-6-12(4,10-13)7-9-14/h1H,6-9H2,2-4H3. The summed E-state index contributed by atoms with van der Waals surface area (Å²) in [6.07, 6.45) is 7.33. The number of nitriles is 1. The molecule has 1 aliphatic heterocycles. The molecular formula is C12H18N2. The summed E-state index contributed by atoms with van der Waals surface area (Å²) >= 11 is 0. The molecule has 0 aliphatic carbocycles. The van der Waals surface area contributed by atoms with Gasteiger partial charge >= 0.3 is 0 Å². The topological polar surface area (TPSA) is 27.0 Å². The Balaban J connectivity index is 2.62. The third-order valence-corrected chi connectivity index (χ3v) is 3.28. The van der Waals surface area contributed by atoms with Gasteiger partial charge in [-0.2, -0.15) is 5.26 Å². The SMILES string of the molecule is C#CC(C)(C)N1CCC(C)(C#N)CC1. The number of likely N-dealkylation sites (tertiary alicyclic amines) is 1. The molecule has 0 saturated carbocycles. The van der Waals surface area contributed by atoms with Crippen molar-refractivity contribution in [2.24, 2.45) is 5.41 Å². The Kier molecular flexibility index (Phi) is 2.88. The van der Waals surface area contributed by atoms with Crippen molar-refractivity contribution in [2.75, 3.05) is 13.1 Å². The van der Waals surface area contributed by atoms with Gasteiger partial charge in [-0.25, -0.2) is 0 Å². The van der Waals surface area contributed by atoms with Crippen LogP contribution in [0.2, 0.25) is 0 Å². The van der Waals surface area contributed by atoms with E-state index in [1.807, 2.05) is 6.92 Å². The van der Waals surface area contributed by atoms with Crippen molar-refractivity contribution in [1.29, 1.82) is 5.26 Å². The van der Waals surface area contributed by atoms with Gasteiger partial charge in [0.2, 0.25) is 0 Å². The Morgan fingerprint density at radius 1 is 1.36 bits per heavy atom. The molecule has 1 fully saturated rings. The molecule has 14 heavy (non-hydrogen) atoms. The van der Waals surface area contributed by atoms with Gasteiger partial charge in [0.05, 0.1) is 17.0 Å². The summed E-state index contributed by atoms with van der Waals surface area (Å²) in [4.78, 5) is 2.28. The van der Waals surface area contributed by atoms with Gasteiger partial charge in [0.25, 0.3) is 0 Å². The second kappa shape index (κ2) is 3.64. The second-order valence-corrected chi connectivity index (χ2v) is 4.86. The molecule has 0 aromatic carbocycles. The van der Waals surface area contributed by atoms with Crippen molar-refractivity contribution in [3.8, 4) is 18.4 Å². The van der Waals surface area contributed by atoms with E-state index >= 15 is 0 Å². The van der Waals surface area contributed by atoms with Gasteiger partial charge in [0.1, 0.15) is 0 Å². The van der Waals surface area contributed by atoms with E-state index in [9.17, 15) is 0 Å². The van der Waals surface area contributed by atoms with Crippen LogP contribution in [0, 0.1) is 29.1 Å². The largest absolute Gasteiger partial charge is 0.288 e. The molecule has 0 atom stereocenters. The molecule has 0 aromatic heterocycles. The molecule has 0 radical (unpaired) electrons. The summed E-state index contributed by atoms with van der Waals surface area (Å²) in [6, 6.07) is 2.39. The molecule has 1 aliphatic rings. The third kappa shape index (κ3) is 2.08. The maximum absolute atomic E-state index is 8.99. The summed E-state index contributed by atoms with van der Waals surface area (Å²) in [5.41, 5.74) is -0.308. The Hall–Kier alpha value is -0.990. The highest BCUT2D eigenvalue weighted by atomic mass is 15.2. The van der Waals surface area contributed by atoms with Crippen molar-refractivity contribution in [3.05, 3.63) is 0 Å². The number of hydrogen-bond acceptors (Lipinski definition) is 2. The lowest BCUT2D eigenvalue weighted by Crippen LogP contribution is -2.49. The van der Waals surface area contributed by atoms with Crippen LogP contribution in [0.5, 0.6) is 0 Å². The molecule has 0 aromatic rings. The number of piperidine rings is 1. The number of hydrogen-bond donors (Lipinski definition) is 0. The van der Waals surface area contributed by atoms with Gasteiger partial charge in [0, 0.05) is 13.1 Å². The molecule has 2 heteroatoms. The summed E-state index contributed by atoms with van der Waals surface area (Å²) in [7, 11) is 0. The highest BCUT2D eigenvalue weighted by molar-refractivity contribution is 5.11. The lowest BCUT2D eigenvalue weighted by Gasteiger charge is -2.41. The zero-order valence-electron chi connectivity index (χ0n) is 9.30. The van der Waals surface area contributed by atoms with Crippen molar-refractivity contribution in [3.63, 3.8) is 0 Å². The van der Waals surface area contributed by atoms with Crippen LogP contribution in [0.25, 0.3) is 0 Å². The van der Waals surface area contributed by atoms with Gasteiger partial charge in [-0.3, -0.25) is 4.90 Å². The maximum Gasteiger partial charge on any atom is 0.0766 e. The zero-order chi connectivity index (χ0) is 10.8. The van der Waals surface area contributed by atoms with Gasteiger partial charge < -0.3 is 0 Å². The zero-order valence-corrected chi connectivity index (χ0v) is 9.30. The molecule has 0 amide bonds. The Bertz CT molecular complexity index is 282. The Morgan fingerprint density at radius 3 is 2.21 bits per heavy atom. The van der Waals surface area contributed by atoms with Crippen LogP contribution in [-0.2, 0) is 0 Å². The molecule has 1 saturated heterocycles.